The highest BCUT2D eigenvalue weighted by atomic mass is 16.1. The smallest absolute Gasteiger partial charge is 0.137 e. The molecule has 0 aromatic carbocycles. The molecule has 1 atom stereocenters. The number of likely N-dealkylation sites (N-methyl/N-ethyl adjacent to an activating group) is 1. The minimum absolute atomic E-state index is 0.153. The van der Waals surface area contributed by atoms with Crippen LogP contribution < -0.4 is 0 Å². The van der Waals surface area contributed by atoms with E-state index in [0.29, 0.717) is 6.54 Å². The average Bonchev–Trinajstić information content (AvgIpc) is 2.63. The topological polar surface area (TPSA) is 40.6 Å². The molecule has 110 valence electrons. The molecule has 0 saturated carbocycles. The maximum Gasteiger partial charge on any atom is 0.137 e. The molecular formula is C15H28N2O2. The van der Waals surface area contributed by atoms with Crippen LogP contribution in [0.3, 0.4) is 0 Å². The zero-order valence-electron chi connectivity index (χ0n) is 12.2. The van der Waals surface area contributed by atoms with Gasteiger partial charge < -0.3 is 9.59 Å². The fraction of sp³-hybridized carbons (Fsp3) is 0.867. The Hall–Kier alpha value is -0.740. The van der Waals surface area contributed by atoms with E-state index >= 15 is 0 Å². The van der Waals surface area contributed by atoms with Gasteiger partial charge in [0, 0.05) is 0 Å². The molecule has 1 aliphatic rings. The van der Waals surface area contributed by atoms with Crippen LogP contribution in [0.2, 0.25) is 0 Å². The Morgan fingerprint density at radius 1 is 1.16 bits per heavy atom. The van der Waals surface area contributed by atoms with E-state index in [0.717, 1.165) is 51.5 Å². The van der Waals surface area contributed by atoms with Crippen LogP contribution in [0.1, 0.15) is 44.9 Å². The van der Waals surface area contributed by atoms with Crippen molar-refractivity contribution in [2.45, 2.75) is 51.0 Å². The number of unbranched alkanes of at least 4 members (excludes halogenated alkanes) is 2. The van der Waals surface area contributed by atoms with Crippen LogP contribution in [0.25, 0.3) is 0 Å². The van der Waals surface area contributed by atoms with Crippen molar-refractivity contribution in [2.24, 2.45) is 0 Å². The quantitative estimate of drug-likeness (QED) is 0.472. The van der Waals surface area contributed by atoms with Gasteiger partial charge in [0.2, 0.25) is 0 Å². The standard InChI is InChI=1S/C15H28N2O2/c1-16(12-13-18)9-5-3-7-11-17-10-6-2-4-8-15(17)14-19/h13-15H,2-12H2,1H3. The van der Waals surface area contributed by atoms with Gasteiger partial charge in [-0.05, 0) is 52.4 Å². The van der Waals surface area contributed by atoms with Gasteiger partial charge in [-0.15, -0.1) is 0 Å². The number of rotatable bonds is 9. The summed E-state index contributed by atoms with van der Waals surface area (Å²) in [5.74, 6) is 0. The van der Waals surface area contributed by atoms with Gasteiger partial charge in [0.25, 0.3) is 0 Å². The molecule has 1 aliphatic heterocycles. The van der Waals surface area contributed by atoms with Crippen molar-refractivity contribution < 1.29 is 9.59 Å². The lowest BCUT2D eigenvalue weighted by Gasteiger charge is -2.25. The van der Waals surface area contributed by atoms with E-state index < -0.39 is 0 Å². The fourth-order valence-electron chi connectivity index (χ4n) is 2.72. The first-order valence-corrected chi connectivity index (χ1v) is 7.59. The molecule has 1 saturated heterocycles. The number of hydrogen-bond acceptors (Lipinski definition) is 4. The zero-order valence-corrected chi connectivity index (χ0v) is 12.2. The van der Waals surface area contributed by atoms with Crippen LogP contribution in [0, 0.1) is 0 Å². The number of aldehydes is 2. The molecule has 4 nitrogen and oxygen atoms in total. The van der Waals surface area contributed by atoms with E-state index in [2.05, 4.69) is 4.90 Å². The van der Waals surface area contributed by atoms with E-state index in [1.807, 2.05) is 11.9 Å². The van der Waals surface area contributed by atoms with E-state index in [4.69, 9.17) is 0 Å². The SMILES string of the molecule is CN(CC=O)CCCCCN1CCCCCC1C=O. The van der Waals surface area contributed by atoms with E-state index in [9.17, 15) is 9.59 Å². The highest BCUT2D eigenvalue weighted by Crippen LogP contribution is 2.16. The normalized spacial score (nSPS) is 21.3. The molecule has 1 heterocycles. The summed E-state index contributed by atoms with van der Waals surface area (Å²) in [7, 11) is 1.98. The molecule has 0 aromatic heterocycles. The monoisotopic (exact) mass is 268 g/mol. The van der Waals surface area contributed by atoms with Crippen LogP contribution in [0.4, 0.5) is 0 Å². The summed E-state index contributed by atoms with van der Waals surface area (Å²) in [5.41, 5.74) is 0. The summed E-state index contributed by atoms with van der Waals surface area (Å²) in [5, 5.41) is 0. The van der Waals surface area contributed by atoms with Crippen LogP contribution in [-0.4, -0.2) is 61.6 Å². The molecule has 0 spiro atoms. The van der Waals surface area contributed by atoms with Gasteiger partial charge in [-0.2, -0.15) is 0 Å². The minimum Gasteiger partial charge on any atom is -0.302 e. The number of carbonyl (C=O) groups excluding carboxylic acids is 2. The van der Waals surface area contributed by atoms with Crippen molar-refractivity contribution >= 4 is 12.6 Å². The predicted octanol–water partition coefficient (Wildman–Crippen LogP) is 1.73. The van der Waals surface area contributed by atoms with Crippen LogP contribution in [0.15, 0.2) is 0 Å². The molecule has 0 aromatic rings. The second kappa shape index (κ2) is 10.1. The van der Waals surface area contributed by atoms with Crippen molar-refractivity contribution in [1.29, 1.82) is 0 Å². The molecule has 0 amide bonds. The van der Waals surface area contributed by atoms with Crippen LogP contribution in [0.5, 0.6) is 0 Å². The molecule has 1 unspecified atom stereocenters. The fourth-order valence-corrected chi connectivity index (χ4v) is 2.72. The van der Waals surface area contributed by atoms with Gasteiger partial charge in [-0.25, -0.2) is 0 Å². The van der Waals surface area contributed by atoms with Gasteiger partial charge in [-0.1, -0.05) is 19.3 Å². The van der Waals surface area contributed by atoms with Gasteiger partial charge in [0.1, 0.15) is 12.6 Å². The number of likely N-dealkylation sites (tertiary alicyclic amines) is 1. The van der Waals surface area contributed by atoms with Gasteiger partial charge >= 0.3 is 0 Å². The molecule has 4 heteroatoms. The summed E-state index contributed by atoms with van der Waals surface area (Å²) in [6.45, 7) is 3.63. The lowest BCUT2D eigenvalue weighted by atomic mass is 10.1. The van der Waals surface area contributed by atoms with Gasteiger partial charge in [0.15, 0.2) is 0 Å². The summed E-state index contributed by atoms with van der Waals surface area (Å²) in [6, 6.07) is 0.153. The van der Waals surface area contributed by atoms with Crippen LogP contribution >= 0.6 is 0 Å². The summed E-state index contributed by atoms with van der Waals surface area (Å²) >= 11 is 0. The molecule has 1 rings (SSSR count). The highest BCUT2D eigenvalue weighted by molar-refractivity contribution is 5.57. The van der Waals surface area contributed by atoms with Crippen molar-refractivity contribution in [2.75, 3.05) is 33.2 Å². The lowest BCUT2D eigenvalue weighted by molar-refractivity contribution is -0.112. The largest absolute Gasteiger partial charge is 0.302 e. The number of hydrogen-bond donors (Lipinski definition) is 0. The Balaban J connectivity index is 2.12. The first kappa shape index (κ1) is 16.3. The number of carbonyl (C=O) groups is 2. The van der Waals surface area contributed by atoms with Gasteiger partial charge in [0.05, 0.1) is 12.6 Å². The minimum atomic E-state index is 0.153. The van der Waals surface area contributed by atoms with Crippen molar-refractivity contribution in [1.82, 2.24) is 9.80 Å². The van der Waals surface area contributed by atoms with Crippen molar-refractivity contribution in [3.8, 4) is 0 Å². The summed E-state index contributed by atoms with van der Waals surface area (Å²) in [6.07, 6.45) is 10.2. The Kier molecular flexibility index (Phi) is 8.67. The Labute approximate surface area is 117 Å². The third-order valence-electron chi connectivity index (χ3n) is 3.94. The van der Waals surface area contributed by atoms with Crippen LogP contribution in [-0.2, 0) is 9.59 Å². The number of nitrogens with zero attached hydrogens (tertiary/aromatic N) is 2. The molecule has 19 heavy (non-hydrogen) atoms. The van der Waals surface area contributed by atoms with Gasteiger partial charge in [-0.3, -0.25) is 9.80 Å². The average molecular weight is 268 g/mol. The first-order chi connectivity index (χ1) is 9.27. The summed E-state index contributed by atoms with van der Waals surface area (Å²) in [4.78, 5) is 25.8. The third-order valence-corrected chi connectivity index (χ3v) is 3.94. The second-order valence-electron chi connectivity index (χ2n) is 5.58. The molecular weight excluding hydrogens is 240 g/mol. The van der Waals surface area contributed by atoms with Crippen molar-refractivity contribution in [3.05, 3.63) is 0 Å². The lowest BCUT2D eigenvalue weighted by Crippen LogP contribution is -2.36. The van der Waals surface area contributed by atoms with E-state index in [1.165, 1.54) is 25.7 Å². The molecule has 1 fully saturated rings. The molecule has 0 N–H and O–H groups in total. The Morgan fingerprint density at radius 2 is 2.00 bits per heavy atom. The zero-order chi connectivity index (χ0) is 13.9. The third kappa shape index (κ3) is 6.83. The highest BCUT2D eigenvalue weighted by Gasteiger charge is 2.19. The van der Waals surface area contributed by atoms with E-state index in [1.54, 1.807) is 0 Å². The van der Waals surface area contributed by atoms with E-state index in [-0.39, 0.29) is 6.04 Å². The predicted molar refractivity (Wildman–Crippen MR) is 77.3 cm³/mol. The maximum atomic E-state index is 11.1. The summed E-state index contributed by atoms with van der Waals surface area (Å²) < 4.78 is 0. The molecule has 0 radical (unpaired) electrons. The van der Waals surface area contributed by atoms with Crippen molar-refractivity contribution in [3.63, 3.8) is 0 Å². The Morgan fingerprint density at radius 3 is 2.74 bits per heavy atom. The second-order valence-corrected chi connectivity index (χ2v) is 5.58. The Bertz CT molecular complexity index is 259. The first-order valence-electron chi connectivity index (χ1n) is 7.59. The maximum absolute atomic E-state index is 11.1. The molecule has 0 aliphatic carbocycles. The molecule has 0 bridgehead atoms.